The van der Waals surface area contributed by atoms with Crippen LogP contribution in [0.3, 0.4) is 0 Å². The van der Waals surface area contributed by atoms with Gasteiger partial charge in [-0.3, -0.25) is 18.8 Å². The van der Waals surface area contributed by atoms with E-state index in [0.717, 1.165) is 5.56 Å². The van der Waals surface area contributed by atoms with Crippen LogP contribution in [0.2, 0.25) is 5.02 Å². The molecule has 1 aromatic carbocycles. The number of amides is 1. The highest BCUT2D eigenvalue weighted by Gasteiger charge is 2.10. The number of fused-ring (bicyclic) bond motifs is 1. The van der Waals surface area contributed by atoms with Crippen LogP contribution in [0.5, 0.6) is 0 Å². The first-order chi connectivity index (χ1) is 11.0. The molecule has 0 fully saturated rings. The predicted octanol–water partition coefficient (Wildman–Crippen LogP) is 1.10. The maximum Gasteiger partial charge on any atom is 0.264 e. The molecule has 1 amide bonds. The number of benzene rings is 1. The smallest absolute Gasteiger partial charge is 0.264 e. The van der Waals surface area contributed by atoms with Gasteiger partial charge in [0.15, 0.2) is 5.65 Å². The number of carbonyl (C=O) groups is 1. The van der Waals surface area contributed by atoms with Gasteiger partial charge in [-0.1, -0.05) is 23.7 Å². The lowest BCUT2D eigenvalue weighted by Gasteiger charge is -2.07. The third kappa shape index (κ3) is 3.24. The molecule has 23 heavy (non-hydrogen) atoms. The fourth-order valence-corrected chi connectivity index (χ4v) is 2.45. The van der Waals surface area contributed by atoms with Gasteiger partial charge < -0.3 is 5.32 Å². The van der Waals surface area contributed by atoms with Crippen molar-refractivity contribution >= 4 is 28.5 Å². The molecule has 0 atom stereocenters. The molecule has 0 aliphatic heterocycles. The van der Waals surface area contributed by atoms with Gasteiger partial charge in [0.25, 0.3) is 5.56 Å². The number of nitrogens with one attached hydrogen (secondary N) is 1. The predicted molar refractivity (Wildman–Crippen MR) is 86.1 cm³/mol. The molecule has 0 saturated heterocycles. The lowest BCUT2D eigenvalue weighted by atomic mass is 10.2. The minimum absolute atomic E-state index is 0.1000. The third-order valence-electron chi connectivity index (χ3n) is 3.41. The minimum atomic E-state index is -0.291. The summed E-state index contributed by atoms with van der Waals surface area (Å²) in [5.74, 6) is -0.280. The zero-order valence-electron chi connectivity index (χ0n) is 12.4. The summed E-state index contributed by atoms with van der Waals surface area (Å²) in [6, 6.07) is 7.22. The number of halogens is 1. The van der Waals surface area contributed by atoms with Crippen molar-refractivity contribution in [1.29, 1.82) is 0 Å². The van der Waals surface area contributed by atoms with E-state index in [1.807, 2.05) is 12.1 Å². The van der Waals surface area contributed by atoms with Crippen LogP contribution in [0.4, 0.5) is 0 Å². The van der Waals surface area contributed by atoms with Crippen molar-refractivity contribution in [2.75, 3.05) is 0 Å². The van der Waals surface area contributed by atoms with Gasteiger partial charge >= 0.3 is 0 Å². The molecule has 0 radical (unpaired) electrons. The number of rotatable bonds is 4. The highest BCUT2D eigenvalue weighted by molar-refractivity contribution is 6.30. The number of carbonyl (C=O) groups excluding carboxylic acids is 1. The minimum Gasteiger partial charge on any atom is -0.350 e. The highest BCUT2D eigenvalue weighted by atomic mass is 35.5. The maximum atomic E-state index is 12.3. The van der Waals surface area contributed by atoms with Crippen molar-refractivity contribution in [2.24, 2.45) is 7.05 Å². The van der Waals surface area contributed by atoms with Crippen molar-refractivity contribution in [1.82, 2.24) is 24.6 Å². The van der Waals surface area contributed by atoms with E-state index in [4.69, 9.17) is 11.6 Å². The van der Waals surface area contributed by atoms with Gasteiger partial charge in [0.1, 0.15) is 18.3 Å². The summed E-state index contributed by atoms with van der Waals surface area (Å²) in [7, 11) is 1.71. The molecule has 0 spiro atoms. The summed E-state index contributed by atoms with van der Waals surface area (Å²) in [5.41, 5.74) is 1.09. The Morgan fingerprint density at radius 3 is 3.00 bits per heavy atom. The molecule has 3 rings (SSSR count). The maximum absolute atomic E-state index is 12.3. The summed E-state index contributed by atoms with van der Waals surface area (Å²) < 4.78 is 2.78. The number of hydrogen-bond acceptors (Lipinski definition) is 4. The molecule has 8 heteroatoms. The Morgan fingerprint density at radius 1 is 1.39 bits per heavy atom. The molecule has 0 aliphatic carbocycles. The molecule has 0 bridgehead atoms. The fraction of sp³-hybridized carbons (Fsp3) is 0.200. The van der Waals surface area contributed by atoms with Gasteiger partial charge in [0.05, 0.1) is 6.20 Å². The van der Waals surface area contributed by atoms with Gasteiger partial charge in [-0.05, 0) is 17.7 Å². The number of aryl methyl sites for hydroxylation is 1. The lowest BCUT2D eigenvalue weighted by Crippen LogP contribution is -2.32. The largest absolute Gasteiger partial charge is 0.350 e. The molecular formula is C15H14ClN5O2. The van der Waals surface area contributed by atoms with E-state index in [9.17, 15) is 9.59 Å². The van der Waals surface area contributed by atoms with Crippen LogP contribution < -0.4 is 10.9 Å². The van der Waals surface area contributed by atoms with Gasteiger partial charge in [0, 0.05) is 18.6 Å². The topological polar surface area (TPSA) is 81.8 Å². The average molecular weight is 332 g/mol. The van der Waals surface area contributed by atoms with Crippen molar-refractivity contribution in [3.63, 3.8) is 0 Å². The van der Waals surface area contributed by atoms with Crippen molar-refractivity contribution in [3.05, 3.63) is 57.7 Å². The highest BCUT2D eigenvalue weighted by Crippen LogP contribution is 2.10. The van der Waals surface area contributed by atoms with Crippen LogP contribution in [-0.4, -0.2) is 25.2 Å². The van der Waals surface area contributed by atoms with Gasteiger partial charge in [-0.25, -0.2) is 4.98 Å². The van der Waals surface area contributed by atoms with E-state index in [2.05, 4.69) is 15.4 Å². The molecule has 1 N–H and O–H groups in total. The summed E-state index contributed by atoms with van der Waals surface area (Å²) in [6.07, 6.45) is 2.80. The molecule has 0 aliphatic rings. The Labute approximate surface area is 136 Å². The van der Waals surface area contributed by atoms with E-state index in [0.29, 0.717) is 22.6 Å². The quantitative estimate of drug-likeness (QED) is 0.776. The Morgan fingerprint density at radius 2 is 2.22 bits per heavy atom. The van der Waals surface area contributed by atoms with Gasteiger partial charge in [-0.2, -0.15) is 5.10 Å². The first kappa shape index (κ1) is 15.2. The summed E-state index contributed by atoms with van der Waals surface area (Å²) in [6.45, 7) is 0.244. The van der Waals surface area contributed by atoms with Crippen LogP contribution in [0.15, 0.2) is 41.6 Å². The second-order valence-corrected chi connectivity index (χ2v) is 5.53. The van der Waals surface area contributed by atoms with Crippen molar-refractivity contribution in [3.8, 4) is 0 Å². The van der Waals surface area contributed by atoms with E-state index >= 15 is 0 Å². The number of aromatic nitrogens is 4. The number of nitrogens with zero attached hydrogens (tertiary/aromatic N) is 4. The SMILES string of the molecule is Cn1ncc2c(=O)n(CC(=O)NCc3cccc(Cl)c3)cnc21. The first-order valence-corrected chi connectivity index (χ1v) is 7.30. The fourth-order valence-electron chi connectivity index (χ4n) is 2.24. The zero-order chi connectivity index (χ0) is 16.4. The molecule has 0 unspecified atom stereocenters. The van der Waals surface area contributed by atoms with Crippen LogP contribution >= 0.6 is 11.6 Å². The van der Waals surface area contributed by atoms with Crippen molar-refractivity contribution < 1.29 is 4.79 Å². The van der Waals surface area contributed by atoms with Crippen LogP contribution in [0.25, 0.3) is 11.0 Å². The van der Waals surface area contributed by atoms with Gasteiger partial charge in [-0.15, -0.1) is 0 Å². The van der Waals surface area contributed by atoms with E-state index in [1.54, 1.807) is 19.2 Å². The third-order valence-corrected chi connectivity index (χ3v) is 3.65. The molecule has 2 aromatic heterocycles. The van der Waals surface area contributed by atoms with Gasteiger partial charge in [0.2, 0.25) is 5.91 Å². The summed E-state index contributed by atoms with van der Waals surface area (Å²) in [5, 5.41) is 7.74. The van der Waals surface area contributed by atoms with E-state index in [-0.39, 0.29) is 18.0 Å². The lowest BCUT2D eigenvalue weighted by molar-refractivity contribution is -0.121. The number of hydrogen-bond donors (Lipinski definition) is 1. The molecular weight excluding hydrogens is 318 g/mol. The van der Waals surface area contributed by atoms with E-state index in [1.165, 1.54) is 21.8 Å². The van der Waals surface area contributed by atoms with Crippen LogP contribution in [-0.2, 0) is 24.9 Å². The second kappa shape index (κ2) is 6.21. The Balaban J connectivity index is 1.70. The van der Waals surface area contributed by atoms with Crippen LogP contribution in [0, 0.1) is 0 Å². The Hall–Kier alpha value is -2.67. The van der Waals surface area contributed by atoms with E-state index < -0.39 is 0 Å². The molecule has 118 valence electrons. The Bertz CT molecular complexity index is 931. The zero-order valence-corrected chi connectivity index (χ0v) is 13.1. The molecule has 3 aromatic rings. The average Bonchev–Trinajstić information content (AvgIpc) is 2.90. The first-order valence-electron chi connectivity index (χ1n) is 6.93. The summed E-state index contributed by atoms with van der Waals surface area (Å²) >= 11 is 5.89. The second-order valence-electron chi connectivity index (χ2n) is 5.09. The molecule has 0 saturated carbocycles. The monoisotopic (exact) mass is 331 g/mol. The Kier molecular flexibility index (Phi) is 4.12. The molecule has 7 nitrogen and oxygen atoms in total. The van der Waals surface area contributed by atoms with Crippen LogP contribution in [0.1, 0.15) is 5.56 Å². The molecule has 2 heterocycles. The summed E-state index contributed by atoms with van der Waals surface area (Å²) in [4.78, 5) is 28.4. The van der Waals surface area contributed by atoms with Crippen molar-refractivity contribution in [2.45, 2.75) is 13.1 Å². The standard InChI is InChI=1S/C15H14ClN5O2/c1-20-14-12(7-19-20)15(23)21(9-18-14)8-13(22)17-6-10-3-2-4-11(16)5-10/h2-5,7,9H,6,8H2,1H3,(H,17,22). The normalized spacial score (nSPS) is 10.9.